The highest BCUT2D eigenvalue weighted by atomic mass is 19.1. The fourth-order valence-corrected chi connectivity index (χ4v) is 3.69. The van der Waals surface area contributed by atoms with Crippen LogP contribution in [-0.2, 0) is 6.42 Å². The summed E-state index contributed by atoms with van der Waals surface area (Å²) in [6.45, 7) is 2.95. The first kappa shape index (κ1) is 16.3. The van der Waals surface area contributed by atoms with Crippen molar-refractivity contribution in [2.75, 3.05) is 13.7 Å². The Morgan fingerprint density at radius 2 is 2.05 bits per heavy atom. The Kier molecular flexibility index (Phi) is 5.63. The van der Waals surface area contributed by atoms with Crippen LogP contribution in [0.25, 0.3) is 0 Å². The van der Waals surface area contributed by atoms with Crippen LogP contribution in [0.3, 0.4) is 0 Å². The topological polar surface area (TPSA) is 35.2 Å². The smallest absolute Gasteiger partial charge is 0.165 e. The molecule has 0 radical (unpaired) electrons. The van der Waals surface area contributed by atoms with E-state index in [9.17, 15) is 4.39 Å². The zero-order valence-electron chi connectivity index (χ0n) is 13.3. The van der Waals surface area contributed by atoms with Crippen LogP contribution in [0.5, 0.6) is 5.75 Å². The van der Waals surface area contributed by atoms with E-state index < -0.39 is 0 Å². The van der Waals surface area contributed by atoms with Gasteiger partial charge in [-0.25, -0.2) is 4.39 Å². The molecule has 1 aromatic carbocycles. The molecule has 1 aromatic rings. The average molecular weight is 293 g/mol. The largest absolute Gasteiger partial charge is 0.494 e. The highest BCUT2D eigenvalue weighted by molar-refractivity contribution is 5.30. The highest BCUT2D eigenvalue weighted by Crippen LogP contribution is 2.42. The fraction of sp³-hybridized carbons (Fsp3) is 0.667. The molecule has 118 valence electrons. The summed E-state index contributed by atoms with van der Waals surface area (Å²) in [6, 6.07) is 5.30. The molecule has 0 saturated heterocycles. The first-order chi connectivity index (χ1) is 10.1. The normalized spacial score (nSPS) is 25.8. The van der Waals surface area contributed by atoms with Gasteiger partial charge in [0, 0.05) is 0 Å². The lowest BCUT2D eigenvalue weighted by Crippen LogP contribution is -2.36. The first-order valence-electron chi connectivity index (χ1n) is 8.15. The molecule has 2 N–H and O–H groups in total. The molecule has 0 atom stereocenters. The number of methoxy groups -OCH3 is 1. The maximum Gasteiger partial charge on any atom is 0.165 e. The number of benzene rings is 1. The number of halogens is 1. The van der Waals surface area contributed by atoms with Crippen molar-refractivity contribution < 1.29 is 9.13 Å². The van der Waals surface area contributed by atoms with Crippen molar-refractivity contribution in [1.29, 1.82) is 0 Å². The van der Waals surface area contributed by atoms with Crippen LogP contribution in [0.4, 0.5) is 4.39 Å². The summed E-state index contributed by atoms with van der Waals surface area (Å²) in [4.78, 5) is 0. The lowest BCUT2D eigenvalue weighted by molar-refractivity contribution is 0.150. The lowest BCUT2D eigenvalue weighted by atomic mass is 9.67. The summed E-state index contributed by atoms with van der Waals surface area (Å²) >= 11 is 0. The minimum atomic E-state index is -0.276. The summed E-state index contributed by atoms with van der Waals surface area (Å²) in [7, 11) is 1.49. The van der Waals surface area contributed by atoms with Crippen molar-refractivity contribution in [3.8, 4) is 5.75 Å². The van der Waals surface area contributed by atoms with Gasteiger partial charge in [0.1, 0.15) is 0 Å². The van der Waals surface area contributed by atoms with Crippen molar-refractivity contribution in [1.82, 2.24) is 0 Å². The number of hydrogen-bond donors (Lipinski definition) is 1. The summed E-state index contributed by atoms with van der Waals surface area (Å²) < 4.78 is 18.8. The maximum absolute atomic E-state index is 13.8. The van der Waals surface area contributed by atoms with Gasteiger partial charge in [0.25, 0.3) is 0 Å². The third kappa shape index (κ3) is 3.97. The molecule has 1 aliphatic rings. The molecule has 0 spiro atoms. The van der Waals surface area contributed by atoms with Crippen molar-refractivity contribution in [2.45, 2.75) is 51.9 Å². The van der Waals surface area contributed by atoms with E-state index in [1.165, 1.54) is 45.6 Å². The van der Waals surface area contributed by atoms with E-state index >= 15 is 0 Å². The van der Waals surface area contributed by atoms with Crippen LogP contribution in [-0.4, -0.2) is 13.7 Å². The molecule has 0 heterocycles. The standard InChI is InChI=1S/C18H28FNO/c1-3-4-14-7-9-18(13-20,10-8-14)12-15-5-6-17(21-2)16(19)11-15/h5-6,11,14H,3-4,7-10,12-13,20H2,1-2H3. The predicted octanol–water partition coefficient (Wildman–Crippen LogP) is 4.31. The van der Waals surface area contributed by atoms with Crippen LogP contribution in [0.15, 0.2) is 18.2 Å². The third-order valence-corrected chi connectivity index (χ3v) is 5.09. The molecule has 2 nitrogen and oxygen atoms in total. The van der Waals surface area contributed by atoms with Crippen LogP contribution in [0.2, 0.25) is 0 Å². The second-order valence-electron chi connectivity index (χ2n) is 6.58. The van der Waals surface area contributed by atoms with E-state index in [0.29, 0.717) is 12.3 Å². The Bertz CT molecular complexity index is 453. The number of hydrogen-bond acceptors (Lipinski definition) is 2. The molecular weight excluding hydrogens is 265 g/mol. The molecule has 21 heavy (non-hydrogen) atoms. The molecular formula is C18H28FNO. The molecule has 1 aliphatic carbocycles. The summed E-state index contributed by atoms with van der Waals surface area (Å²) in [6.07, 6.45) is 8.35. The minimum absolute atomic E-state index is 0.158. The summed E-state index contributed by atoms with van der Waals surface area (Å²) in [5.74, 6) is 0.899. The van der Waals surface area contributed by atoms with Crippen LogP contribution in [0.1, 0.15) is 51.0 Å². The molecule has 0 aromatic heterocycles. The Balaban J connectivity index is 2.04. The van der Waals surface area contributed by atoms with Crippen molar-refractivity contribution in [2.24, 2.45) is 17.1 Å². The van der Waals surface area contributed by atoms with Gasteiger partial charge in [-0.1, -0.05) is 25.8 Å². The molecule has 3 heteroatoms. The average Bonchev–Trinajstić information content (AvgIpc) is 2.50. The number of nitrogens with two attached hydrogens (primary N) is 1. The highest BCUT2D eigenvalue weighted by Gasteiger charge is 2.34. The second-order valence-corrected chi connectivity index (χ2v) is 6.58. The van der Waals surface area contributed by atoms with Gasteiger partial charge in [-0.2, -0.15) is 0 Å². The van der Waals surface area contributed by atoms with Gasteiger partial charge < -0.3 is 10.5 Å². The molecule has 2 rings (SSSR count). The Hall–Kier alpha value is -1.09. The SMILES string of the molecule is CCCC1CCC(CN)(Cc2ccc(OC)c(F)c2)CC1. The van der Waals surface area contributed by atoms with Gasteiger partial charge in [0.05, 0.1) is 7.11 Å². The fourth-order valence-electron chi connectivity index (χ4n) is 3.69. The molecule has 1 fully saturated rings. The van der Waals surface area contributed by atoms with Gasteiger partial charge in [-0.05, 0) is 67.7 Å². The molecule has 0 amide bonds. The van der Waals surface area contributed by atoms with Gasteiger partial charge in [0.15, 0.2) is 11.6 Å². The summed E-state index contributed by atoms with van der Waals surface area (Å²) in [5.41, 5.74) is 7.27. The number of ether oxygens (including phenoxy) is 1. The maximum atomic E-state index is 13.8. The van der Waals surface area contributed by atoms with Crippen molar-refractivity contribution in [3.63, 3.8) is 0 Å². The zero-order chi connectivity index (χ0) is 15.3. The minimum Gasteiger partial charge on any atom is -0.494 e. The second kappa shape index (κ2) is 7.26. The predicted molar refractivity (Wildman–Crippen MR) is 85.0 cm³/mol. The van der Waals surface area contributed by atoms with Gasteiger partial charge >= 0.3 is 0 Å². The quantitative estimate of drug-likeness (QED) is 0.848. The van der Waals surface area contributed by atoms with Gasteiger partial charge in [0.2, 0.25) is 0 Å². The van der Waals surface area contributed by atoms with E-state index in [1.54, 1.807) is 12.1 Å². The monoisotopic (exact) mass is 293 g/mol. The van der Waals surface area contributed by atoms with Gasteiger partial charge in [-0.3, -0.25) is 0 Å². The molecule has 0 aliphatic heterocycles. The van der Waals surface area contributed by atoms with Gasteiger partial charge in [-0.15, -0.1) is 0 Å². The van der Waals surface area contributed by atoms with E-state index in [1.807, 2.05) is 6.07 Å². The zero-order valence-corrected chi connectivity index (χ0v) is 13.3. The van der Waals surface area contributed by atoms with Crippen LogP contribution < -0.4 is 10.5 Å². The molecule has 0 unspecified atom stereocenters. The van der Waals surface area contributed by atoms with E-state index in [0.717, 1.165) is 17.9 Å². The Morgan fingerprint density at radius 1 is 1.33 bits per heavy atom. The van der Waals surface area contributed by atoms with E-state index in [4.69, 9.17) is 10.5 Å². The Morgan fingerprint density at radius 3 is 2.57 bits per heavy atom. The Labute approximate surface area is 127 Å². The molecule has 0 bridgehead atoms. The number of rotatable bonds is 6. The van der Waals surface area contributed by atoms with Crippen LogP contribution in [0, 0.1) is 17.2 Å². The third-order valence-electron chi connectivity index (χ3n) is 5.09. The summed E-state index contributed by atoms with van der Waals surface area (Å²) in [5, 5.41) is 0. The lowest BCUT2D eigenvalue weighted by Gasteiger charge is -2.40. The van der Waals surface area contributed by atoms with E-state index in [2.05, 4.69) is 6.92 Å². The van der Waals surface area contributed by atoms with Crippen molar-refractivity contribution in [3.05, 3.63) is 29.6 Å². The van der Waals surface area contributed by atoms with E-state index in [-0.39, 0.29) is 11.2 Å². The van der Waals surface area contributed by atoms with Crippen molar-refractivity contribution >= 4 is 0 Å². The first-order valence-corrected chi connectivity index (χ1v) is 8.15. The van der Waals surface area contributed by atoms with Crippen LogP contribution >= 0.6 is 0 Å². The molecule has 1 saturated carbocycles.